The smallest absolute Gasteiger partial charge is 0.254 e. The fraction of sp³-hybridized carbons (Fsp3) is 0.185. The van der Waals surface area contributed by atoms with Crippen molar-refractivity contribution in [2.24, 2.45) is 7.05 Å². The molecule has 33 heavy (non-hydrogen) atoms. The van der Waals surface area contributed by atoms with Crippen molar-refractivity contribution in [1.29, 1.82) is 0 Å². The summed E-state index contributed by atoms with van der Waals surface area (Å²) in [4.78, 5) is 28.9. The molecule has 5 nitrogen and oxygen atoms in total. The molecule has 3 aromatic carbocycles. The second kappa shape index (κ2) is 8.19. The van der Waals surface area contributed by atoms with Gasteiger partial charge in [-0.1, -0.05) is 52.3 Å². The Morgan fingerprint density at radius 2 is 1.70 bits per heavy atom. The Morgan fingerprint density at radius 1 is 0.970 bits per heavy atom. The summed E-state index contributed by atoms with van der Waals surface area (Å²) < 4.78 is 3.04. The van der Waals surface area contributed by atoms with Crippen molar-refractivity contribution < 1.29 is 9.59 Å². The van der Waals surface area contributed by atoms with Crippen molar-refractivity contribution in [1.82, 2.24) is 9.47 Å². The fourth-order valence-electron chi connectivity index (χ4n) is 4.90. The van der Waals surface area contributed by atoms with Crippen LogP contribution < -0.4 is 5.32 Å². The summed E-state index contributed by atoms with van der Waals surface area (Å²) in [6, 6.07) is 23.0. The summed E-state index contributed by atoms with van der Waals surface area (Å²) in [5.41, 5.74) is 5.04. The van der Waals surface area contributed by atoms with Crippen molar-refractivity contribution in [3.05, 3.63) is 99.7 Å². The van der Waals surface area contributed by atoms with Crippen LogP contribution >= 0.6 is 15.9 Å². The zero-order valence-electron chi connectivity index (χ0n) is 18.7. The molecule has 1 aliphatic rings. The van der Waals surface area contributed by atoms with E-state index >= 15 is 0 Å². The molecule has 4 aromatic rings. The van der Waals surface area contributed by atoms with Gasteiger partial charge in [-0.2, -0.15) is 0 Å². The van der Waals surface area contributed by atoms with E-state index in [1.54, 1.807) is 18.0 Å². The van der Waals surface area contributed by atoms with E-state index < -0.39 is 12.0 Å². The molecule has 2 atom stereocenters. The van der Waals surface area contributed by atoms with Crippen molar-refractivity contribution in [2.75, 3.05) is 12.4 Å². The number of fused-ring (bicyclic) bond motifs is 2. The molecular formula is C27H24BrN3O2. The number of anilines is 1. The van der Waals surface area contributed by atoms with Crippen LogP contribution in [0.5, 0.6) is 0 Å². The maximum atomic E-state index is 13.9. The fourth-order valence-corrected chi connectivity index (χ4v) is 5.37. The number of halogens is 1. The van der Waals surface area contributed by atoms with Crippen LogP contribution in [-0.4, -0.2) is 28.3 Å². The first-order valence-corrected chi connectivity index (χ1v) is 11.6. The number of rotatable bonds is 3. The minimum atomic E-state index is -0.560. The summed E-state index contributed by atoms with van der Waals surface area (Å²) >= 11 is 3.48. The Labute approximate surface area is 201 Å². The molecule has 0 fully saturated rings. The largest absolute Gasteiger partial charge is 0.346 e. The van der Waals surface area contributed by atoms with Gasteiger partial charge < -0.3 is 14.8 Å². The van der Waals surface area contributed by atoms with E-state index in [1.165, 1.54) is 0 Å². The highest BCUT2D eigenvalue weighted by molar-refractivity contribution is 9.10. The maximum Gasteiger partial charge on any atom is 0.254 e. The number of nitrogens with zero attached hydrogens (tertiary/aromatic N) is 2. The van der Waals surface area contributed by atoms with E-state index in [9.17, 15) is 9.59 Å². The zero-order chi connectivity index (χ0) is 23.3. The highest BCUT2D eigenvalue weighted by Gasteiger charge is 2.43. The number of aromatic nitrogens is 1. The monoisotopic (exact) mass is 501 g/mol. The van der Waals surface area contributed by atoms with Crippen LogP contribution in [0.1, 0.15) is 39.1 Å². The van der Waals surface area contributed by atoms with Gasteiger partial charge >= 0.3 is 0 Å². The predicted octanol–water partition coefficient (Wildman–Crippen LogP) is 5.80. The van der Waals surface area contributed by atoms with Gasteiger partial charge in [0.05, 0.1) is 12.0 Å². The first-order valence-electron chi connectivity index (χ1n) is 10.8. The molecule has 2 heterocycles. The highest BCUT2D eigenvalue weighted by Crippen LogP contribution is 2.43. The summed E-state index contributed by atoms with van der Waals surface area (Å²) in [5.74, 6) is -0.776. The van der Waals surface area contributed by atoms with Crippen LogP contribution in [0.25, 0.3) is 10.9 Å². The summed E-state index contributed by atoms with van der Waals surface area (Å²) in [6.07, 6.45) is 0. The van der Waals surface area contributed by atoms with Gasteiger partial charge in [-0.3, -0.25) is 9.59 Å². The molecule has 1 N–H and O–H groups in total. The molecule has 0 aliphatic carbocycles. The second-order valence-electron chi connectivity index (χ2n) is 8.56. The molecule has 166 valence electrons. The predicted molar refractivity (Wildman–Crippen MR) is 134 cm³/mol. The number of hydrogen-bond donors (Lipinski definition) is 1. The first kappa shape index (κ1) is 21.5. The molecule has 2 amide bonds. The number of aryl methyl sites for hydroxylation is 2. The number of benzene rings is 3. The standard InChI is InChI=1S/C27H24BrN3O2/c1-16-14-18(28)12-13-21(16)29-26(32)24-19-9-5-6-10-20(19)27(33)31(3)25(24)23-15-17-8-4-7-11-22(17)30(23)2/h4-15,24-25H,1-3H3,(H,29,32)/t24-,25-/m1/s1. The van der Waals surface area contributed by atoms with Crippen LogP contribution in [0.2, 0.25) is 0 Å². The number of hydrogen-bond acceptors (Lipinski definition) is 2. The highest BCUT2D eigenvalue weighted by atomic mass is 79.9. The number of para-hydroxylation sites is 1. The molecule has 5 rings (SSSR count). The van der Waals surface area contributed by atoms with Crippen LogP contribution in [-0.2, 0) is 11.8 Å². The third-order valence-electron chi connectivity index (χ3n) is 6.60. The van der Waals surface area contributed by atoms with Crippen molar-refractivity contribution >= 4 is 44.3 Å². The Morgan fingerprint density at radius 3 is 2.45 bits per heavy atom. The molecular weight excluding hydrogens is 478 g/mol. The lowest BCUT2D eigenvalue weighted by atomic mass is 9.81. The van der Waals surface area contributed by atoms with Crippen molar-refractivity contribution in [2.45, 2.75) is 18.9 Å². The molecule has 0 saturated heterocycles. The van der Waals surface area contributed by atoms with Gasteiger partial charge in [0, 0.05) is 41.0 Å². The second-order valence-corrected chi connectivity index (χ2v) is 9.48. The van der Waals surface area contributed by atoms with Crippen molar-refractivity contribution in [3.63, 3.8) is 0 Å². The maximum absolute atomic E-state index is 13.9. The summed E-state index contributed by atoms with van der Waals surface area (Å²) in [7, 11) is 3.77. The number of likely N-dealkylation sites (N-methyl/N-ethyl adjacent to an activating group) is 1. The van der Waals surface area contributed by atoms with Gasteiger partial charge in [0.25, 0.3) is 5.91 Å². The molecule has 0 spiro atoms. The minimum Gasteiger partial charge on any atom is -0.346 e. The van der Waals surface area contributed by atoms with Crippen molar-refractivity contribution in [3.8, 4) is 0 Å². The first-order chi connectivity index (χ1) is 15.9. The normalized spacial score (nSPS) is 17.8. The molecule has 0 radical (unpaired) electrons. The molecule has 0 saturated carbocycles. The third kappa shape index (κ3) is 3.55. The van der Waals surface area contributed by atoms with E-state index in [0.29, 0.717) is 5.56 Å². The molecule has 6 heteroatoms. The quantitative estimate of drug-likeness (QED) is 0.385. The van der Waals surface area contributed by atoms with Gasteiger partial charge in [0.1, 0.15) is 0 Å². The molecule has 0 bridgehead atoms. The topological polar surface area (TPSA) is 54.3 Å². The Bertz CT molecular complexity index is 1410. The van der Waals surface area contributed by atoms with Crippen LogP contribution in [0, 0.1) is 6.92 Å². The molecule has 0 unspecified atom stereocenters. The molecule has 1 aliphatic heterocycles. The van der Waals surface area contributed by atoms with Crippen LogP contribution in [0.3, 0.4) is 0 Å². The van der Waals surface area contributed by atoms with Gasteiger partial charge in [-0.15, -0.1) is 0 Å². The number of carbonyl (C=O) groups is 2. The van der Waals surface area contributed by atoms with Gasteiger partial charge in [0.15, 0.2) is 0 Å². The van der Waals surface area contributed by atoms with E-state index in [1.807, 2.05) is 62.5 Å². The van der Waals surface area contributed by atoms with E-state index in [0.717, 1.165) is 37.9 Å². The van der Waals surface area contributed by atoms with E-state index in [-0.39, 0.29) is 11.8 Å². The van der Waals surface area contributed by atoms with Gasteiger partial charge in [-0.25, -0.2) is 0 Å². The Kier molecular flexibility index (Phi) is 5.33. The minimum absolute atomic E-state index is 0.0790. The Balaban J connectivity index is 1.66. The Hall–Kier alpha value is -3.38. The number of nitrogens with one attached hydrogen (secondary N) is 1. The third-order valence-corrected chi connectivity index (χ3v) is 7.09. The van der Waals surface area contributed by atoms with Crippen LogP contribution in [0.4, 0.5) is 5.69 Å². The number of amides is 2. The average Bonchev–Trinajstić information content (AvgIpc) is 3.14. The zero-order valence-corrected chi connectivity index (χ0v) is 20.3. The molecule has 1 aromatic heterocycles. The number of carbonyl (C=O) groups excluding carboxylic acids is 2. The summed E-state index contributed by atoms with van der Waals surface area (Å²) in [6.45, 7) is 1.96. The lowest BCUT2D eigenvalue weighted by Gasteiger charge is -2.39. The average molecular weight is 502 g/mol. The summed E-state index contributed by atoms with van der Waals surface area (Å²) in [5, 5.41) is 4.21. The SMILES string of the molecule is Cc1cc(Br)ccc1NC(=O)[C@@H]1c2ccccc2C(=O)N(C)[C@@H]1c1cc2ccccc2n1C. The van der Waals surface area contributed by atoms with Gasteiger partial charge in [-0.05, 0) is 59.8 Å². The lowest BCUT2D eigenvalue weighted by Crippen LogP contribution is -2.44. The van der Waals surface area contributed by atoms with E-state index in [4.69, 9.17) is 0 Å². The van der Waals surface area contributed by atoms with Crippen LogP contribution in [0.15, 0.2) is 77.3 Å². The lowest BCUT2D eigenvalue weighted by molar-refractivity contribution is -0.119. The van der Waals surface area contributed by atoms with Gasteiger partial charge in [0.2, 0.25) is 5.91 Å². The van der Waals surface area contributed by atoms with E-state index in [2.05, 4.69) is 44.0 Å².